The fourth-order valence-corrected chi connectivity index (χ4v) is 2.42. The van der Waals surface area contributed by atoms with E-state index in [0.29, 0.717) is 5.56 Å². The maximum absolute atomic E-state index is 12.3. The van der Waals surface area contributed by atoms with E-state index in [0.717, 1.165) is 25.3 Å². The normalized spacial score (nSPS) is 11.0. The summed E-state index contributed by atoms with van der Waals surface area (Å²) in [7, 11) is 1.16. The van der Waals surface area contributed by atoms with Crippen LogP contribution in [-0.4, -0.2) is 24.5 Å². The summed E-state index contributed by atoms with van der Waals surface area (Å²) in [4.78, 5) is 26.9. The molecular formula is C16H11ClF3NO6. The van der Waals surface area contributed by atoms with E-state index < -0.39 is 28.9 Å². The van der Waals surface area contributed by atoms with Crippen molar-refractivity contribution in [2.75, 3.05) is 7.11 Å². The molecule has 144 valence electrons. The quantitative estimate of drug-likeness (QED) is 0.407. The van der Waals surface area contributed by atoms with Crippen LogP contribution in [-0.2, 0) is 11.2 Å². The molecule has 0 unspecified atom stereocenters. The SMILES string of the molecule is COC(=O)c1cc(Cl)ccc1Cc1ccc(OC(F)(F)F)cc1O[N+](=O)[O-]. The van der Waals surface area contributed by atoms with Gasteiger partial charge in [0.2, 0.25) is 0 Å². The van der Waals surface area contributed by atoms with Crippen molar-refractivity contribution in [3.63, 3.8) is 0 Å². The van der Waals surface area contributed by atoms with Gasteiger partial charge in [0.05, 0.1) is 12.7 Å². The van der Waals surface area contributed by atoms with Crippen molar-refractivity contribution >= 4 is 17.6 Å². The molecule has 0 bridgehead atoms. The minimum absolute atomic E-state index is 0.0723. The topological polar surface area (TPSA) is 87.9 Å². The van der Waals surface area contributed by atoms with Crippen LogP contribution in [0.3, 0.4) is 0 Å². The lowest BCUT2D eigenvalue weighted by Gasteiger charge is -2.14. The van der Waals surface area contributed by atoms with Gasteiger partial charge in [-0.15, -0.1) is 23.3 Å². The van der Waals surface area contributed by atoms with Gasteiger partial charge in [-0.05, 0) is 29.3 Å². The van der Waals surface area contributed by atoms with Crippen molar-refractivity contribution in [2.45, 2.75) is 12.8 Å². The van der Waals surface area contributed by atoms with E-state index >= 15 is 0 Å². The van der Waals surface area contributed by atoms with Gasteiger partial charge in [-0.25, -0.2) is 4.79 Å². The Labute approximate surface area is 155 Å². The summed E-state index contributed by atoms with van der Waals surface area (Å²) in [6.45, 7) is 0. The van der Waals surface area contributed by atoms with Gasteiger partial charge in [-0.1, -0.05) is 23.7 Å². The third-order valence-electron chi connectivity index (χ3n) is 3.30. The summed E-state index contributed by atoms with van der Waals surface area (Å²) < 4.78 is 45.4. The molecular weight excluding hydrogens is 395 g/mol. The molecule has 0 fully saturated rings. The number of hydrogen-bond acceptors (Lipinski definition) is 6. The summed E-state index contributed by atoms with van der Waals surface area (Å²) in [6, 6.07) is 7.19. The minimum Gasteiger partial charge on any atom is -0.465 e. The molecule has 0 spiro atoms. The number of nitrogens with zero attached hydrogens (tertiary/aromatic N) is 1. The Morgan fingerprint density at radius 2 is 1.85 bits per heavy atom. The molecule has 0 aliphatic heterocycles. The lowest BCUT2D eigenvalue weighted by molar-refractivity contribution is -0.711. The molecule has 2 rings (SSSR count). The number of carbonyl (C=O) groups excluding carboxylic acids is 1. The van der Waals surface area contributed by atoms with Gasteiger partial charge in [0.1, 0.15) is 11.5 Å². The zero-order valence-corrected chi connectivity index (χ0v) is 14.3. The number of carbonyl (C=O) groups is 1. The van der Waals surface area contributed by atoms with E-state index in [1.54, 1.807) is 0 Å². The minimum atomic E-state index is -4.97. The highest BCUT2D eigenvalue weighted by Gasteiger charge is 2.31. The first-order valence-electron chi connectivity index (χ1n) is 7.17. The molecule has 0 aromatic heterocycles. The van der Waals surface area contributed by atoms with Crippen LogP contribution in [0.4, 0.5) is 13.2 Å². The van der Waals surface area contributed by atoms with E-state index in [2.05, 4.69) is 14.3 Å². The van der Waals surface area contributed by atoms with Gasteiger partial charge in [-0.2, -0.15) is 0 Å². The molecule has 11 heteroatoms. The van der Waals surface area contributed by atoms with Gasteiger partial charge in [0, 0.05) is 17.5 Å². The smallest absolute Gasteiger partial charge is 0.465 e. The van der Waals surface area contributed by atoms with Gasteiger partial charge in [-0.3, -0.25) is 4.84 Å². The van der Waals surface area contributed by atoms with E-state index in [4.69, 9.17) is 11.6 Å². The second kappa shape index (κ2) is 8.12. The predicted molar refractivity (Wildman–Crippen MR) is 86.3 cm³/mol. The van der Waals surface area contributed by atoms with Crippen LogP contribution in [0.5, 0.6) is 11.5 Å². The zero-order valence-electron chi connectivity index (χ0n) is 13.6. The third-order valence-corrected chi connectivity index (χ3v) is 3.54. The molecule has 0 aliphatic carbocycles. The monoisotopic (exact) mass is 405 g/mol. The fourth-order valence-electron chi connectivity index (χ4n) is 2.25. The van der Waals surface area contributed by atoms with Crippen LogP contribution in [0.1, 0.15) is 21.5 Å². The lowest BCUT2D eigenvalue weighted by Crippen LogP contribution is -2.17. The van der Waals surface area contributed by atoms with Crippen LogP contribution in [0, 0.1) is 10.1 Å². The highest BCUT2D eigenvalue weighted by atomic mass is 35.5. The van der Waals surface area contributed by atoms with Crippen molar-refractivity contribution in [2.24, 2.45) is 0 Å². The summed E-state index contributed by atoms with van der Waals surface area (Å²) in [6.07, 6.45) is -5.04. The molecule has 0 saturated heterocycles. The standard InChI is InChI=1S/C16H11ClF3NO6/c1-25-15(22)13-7-11(17)4-2-9(13)6-10-3-5-12(26-16(18,19)20)8-14(10)27-21(23)24/h2-5,7-8H,6H2,1H3. The molecule has 0 saturated carbocycles. The maximum Gasteiger partial charge on any atom is 0.573 e. The third kappa shape index (κ3) is 5.74. The highest BCUT2D eigenvalue weighted by molar-refractivity contribution is 6.31. The van der Waals surface area contributed by atoms with E-state index in [-0.39, 0.29) is 22.6 Å². The first-order valence-corrected chi connectivity index (χ1v) is 7.54. The van der Waals surface area contributed by atoms with E-state index in [1.165, 1.54) is 18.2 Å². The number of hydrogen-bond donors (Lipinski definition) is 0. The number of benzene rings is 2. The molecule has 2 aromatic carbocycles. The number of ether oxygens (including phenoxy) is 2. The average molecular weight is 406 g/mol. The Hall–Kier alpha value is -3.01. The number of alkyl halides is 3. The predicted octanol–water partition coefficient (Wildman–Crippen LogP) is 4.19. The molecule has 7 nitrogen and oxygen atoms in total. The Morgan fingerprint density at radius 3 is 2.44 bits per heavy atom. The van der Waals surface area contributed by atoms with Crippen LogP contribution < -0.4 is 9.57 Å². The molecule has 0 heterocycles. The summed E-state index contributed by atoms with van der Waals surface area (Å²) in [5.41, 5.74) is 0.630. The van der Waals surface area contributed by atoms with E-state index in [9.17, 15) is 28.1 Å². The van der Waals surface area contributed by atoms with Crippen molar-refractivity contribution in [3.8, 4) is 11.5 Å². The summed E-state index contributed by atoms with van der Waals surface area (Å²) in [5.74, 6) is -1.85. The number of methoxy groups -OCH3 is 1. The maximum atomic E-state index is 12.3. The Bertz CT molecular complexity index is 872. The average Bonchev–Trinajstić information content (AvgIpc) is 2.56. The zero-order chi connectivity index (χ0) is 20.2. The second-order valence-corrected chi connectivity index (χ2v) is 5.54. The summed E-state index contributed by atoms with van der Waals surface area (Å²) in [5, 5.41) is 9.76. The van der Waals surface area contributed by atoms with Gasteiger partial charge < -0.3 is 9.47 Å². The van der Waals surface area contributed by atoms with Crippen LogP contribution in [0.15, 0.2) is 36.4 Å². The largest absolute Gasteiger partial charge is 0.573 e. The second-order valence-electron chi connectivity index (χ2n) is 5.10. The van der Waals surface area contributed by atoms with Crippen molar-refractivity contribution < 1.29 is 37.4 Å². The van der Waals surface area contributed by atoms with Crippen LogP contribution in [0.2, 0.25) is 5.02 Å². The molecule has 0 N–H and O–H groups in total. The van der Waals surface area contributed by atoms with E-state index in [1.807, 2.05) is 0 Å². The van der Waals surface area contributed by atoms with Crippen LogP contribution in [0.25, 0.3) is 0 Å². The summed E-state index contributed by atoms with van der Waals surface area (Å²) >= 11 is 5.86. The van der Waals surface area contributed by atoms with Gasteiger partial charge >= 0.3 is 12.3 Å². The molecule has 27 heavy (non-hydrogen) atoms. The van der Waals surface area contributed by atoms with Crippen molar-refractivity contribution in [3.05, 3.63) is 68.2 Å². The molecule has 0 aliphatic rings. The van der Waals surface area contributed by atoms with Gasteiger partial charge in [0.25, 0.3) is 5.09 Å². The van der Waals surface area contributed by atoms with Crippen LogP contribution >= 0.6 is 11.6 Å². The molecule has 0 atom stereocenters. The number of esters is 1. The Kier molecular flexibility index (Phi) is 6.11. The molecule has 2 aromatic rings. The first kappa shape index (κ1) is 20.3. The Morgan fingerprint density at radius 1 is 1.19 bits per heavy atom. The lowest BCUT2D eigenvalue weighted by atomic mass is 9.99. The fraction of sp³-hybridized carbons (Fsp3) is 0.188. The first-order chi connectivity index (χ1) is 12.6. The van der Waals surface area contributed by atoms with Crippen molar-refractivity contribution in [1.29, 1.82) is 0 Å². The number of halogens is 4. The number of rotatable bonds is 6. The molecule has 0 radical (unpaired) electrons. The molecule has 0 amide bonds. The van der Waals surface area contributed by atoms with Gasteiger partial charge in [0.15, 0.2) is 0 Å². The highest BCUT2D eigenvalue weighted by Crippen LogP contribution is 2.31. The Balaban J connectivity index is 2.43. The van der Waals surface area contributed by atoms with Crippen molar-refractivity contribution in [1.82, 2.24) is 0 Å².